The lowest BCUT2D eigenvalue weighted by molar-refractivity contribution is -0.0665. The number of methoxy groups -OCH3 is 2. The summed E-state index contributed by atoms with van der Waals surface area (Å²) in [5, 5.41) is 20.6. The number of rotatable bonds is 12. The number of benzene rings is 4. The van der Waals surface area contributed by atoms with Crippen LogP contribution in [0, 0.1) is 0 Å². The quantitative estimate of drug-likeness (QED) is 0.158. The second-order valence-corrected chi connectivity index (χ2v) is 15.0. The van der Waals surface area contributed by atoms with Crippen molar-refractivity contribution in [2.45, 2.75) is 98.8 Å². The summed E-state index contributed by atoms with van der Waals surface area (Å²) in [5.41, 5.74) is 5.30. The maximum Gasteiger partial charge on any atom is 0.206 e. The van der Waals surface area contributed by atoms with Crippen molar-refractivity contribution in [3.05, 3.63) is 96.1 Å². The average molecular weight is 687 g/mol. The Morgan fingerprint density at radius 2 is 0.918 bits per heavy atom. The maximum atomic E-state index is 13.6. The number of hydrogen-bond donors (Lipinski definition) is 2. The minimum atomic E-state index is -3.75. The van der Waals surface area contributed by atoms with E-state index >= 15 is 0 Å². The fraction of sp³-hybridized carbons (Fsp3) is 0.400. The zero-order valence-electron chi connectivity index (χ0n) is 28.2. The predicted molar refractivity (Wildman–Crippen MR) is 188 cm³/mol. The van der Waals surface area contributed by atoms with Crippen molar-refractivity contribution in [1.29, 1.82) is 0 Å². The lowest BCUT2D eigenvalue weighted by Gasteiger charge is -2.27. The van der Waals surface area contributed by atoms with Gasteiger partial charge in [-0.25, -0.2) is 8.42 Å². The van der Waals surface area contributed by atoms with Crippen LogP contribution in [0.1, 0.15) is 62.5 Å². The van der Waals surface area contributed by atoms with Gasteiger partial charge in [0.05, 0.1) is 61.6 Å². The van der Waals surface area contributed by atoms with Gasteiger partial charge in [-0.1, -0.05) is 62.1 Å². The van der Waals surface area contributed by atoms with Gasteiger partial charge in [0.15, 0.2) is 0 Å². The molecule has 2 aliphatic rings. The van der Waals surface area contributed by atoms with Gasteiger partial charge in [-0.3, -0.25) is 0 Å². The van der Waals surface area contributed by atoms with Crippen molar-refractivity contribution in [2.24, 2.45) is 0 Å². The van der Waals surface area contributed by atoms with Crippen LogP contribution in [0.2, 0.25) is 0 Å². The Morgan fingerprint density at radius 3 is 1.29 bits per heavy atom. The first kappa shape index (κ1) is 35.1. The minimum absolute atomic E-state index is 0.184. The summed E-state index contributed by atoms with van der Waals surface area (Å²) in [6.45, 7) is 0.634. The number of aliphatic hydroxyl groups excluding tert-OH is 2. The van der Waals surface area contributed by atoms with Gasteiger partial charge in [0.25, 0.3) is 0 Å². The van der Waals surface area contributed by atoms with Crippen LogP contribution in [0.5, 0.6) is 11.5 Å². The Kier molecular flexibility index (Phi) is 11.4. The largest absolute Gasteiger partial charge is 0.496 e. The van der Waals surface area contributed by atoms with E-state index in [0.717, 1.165) is 84.7 Å². The summed E-state index contributed by atoms with van der Waals surface area (Å²) in [5.74, 6) is 1.41. The van der Waals surface area contributed by atoms with E-state index in [1.165, 1.54) is 0 Å². The number of hydrogen-bond acceptors (Lipinski definition) is 8. The van der Waals surface area contributed by atoms with Gasteiger partial charge in [0, 0.05) is 11.1 Å². The molecule has 2 N–H and O–H groups in total. The molecule has 0 aliphatic heterocycles. The van der Waals surface area contributed by atoms with Crippen molar-refractivity contribution < 1.29 is 37.6 Å². The number of sulfone groups is 1. The average Bonchev–Trinajstić information content (AvgIpc) is 3.14. The highest BCUT2D eigenvalue weighted by Crippen LogP contribution is 2.33. The molecule has 4 atom stereocenters. The molecule has 8 nitrogen and oxygen atoms in total. The molecule has 0 aromatic heterocycles. The smallest absolute Gasteiger partial charge is 0.206 e. The van der Waals surface area contributed by atoms with Gasteiger partial charge >= 0.3 is 0 Å². The first-order chi connectivity index (χ1) is 23.8. The van der Waals surface area contributed by atoms with Gasteiger partial charge in [-0.05, 0) is 96.5 Å². The fourth-order valence-electron chi connectivity index (χ4n) is 6.87. The molecule has 0 spiro atoms. The van der Waals surface area contributed by atoms with Gasteiger partial charge in [0.2, 0.25) is 9.84 Å². The first-order valence-electron chi connectivity index (χ1n) is 17.2. The SMILES string of the molecule is COc1ccc(-c2ccc(S(=O)(=O)c3ccc(-c4ccc(OC)c(COC5CCCCC5O)c4)cc3)cc2)cc1COC1CCCCC1O. The molecule has 49 heavy (non-hydrogen) atoms. The summed E-state index contributed by atoms with van der Waals surface area (Å²) < 4.78 is 50.5. The predicted octanol–water partition coefficient (Wildman–Crippen LogP) is 7.51. The minimum Gasteiger partial charge on any atom is -0.496 e. The maximum absolute atomic E-state index is 13.6. The van der Waals surface area contributed by atoms with Crippen LogP contribution in [0.3, 0.4) is 0 Å². The van der Waals surface area contributed by atoms with E-state index in [1.807, 2.05) is 60.7 Å². The van der Waals surface area contributed by atoms with Crippen LogP contribution in [0.4, 0.5) is 0 Å². The lowest BCUT2D eigenvalue weighted by Crippen LogP contribution is -2.32. The molecule has 0 bridgehead atoms. The Balaban J connectivity index is 1.15. The standard InChI is InChI=1S/C40H46O8S/c1-45-37-21-15-29(23-31(37)25-47-39-9-5-3-7-35(39)41)27-11-17-33(18-12-27)49(43,44)34-19-13-28(14-20-34)30-16-22-38(46-2)32(24-30)26-48-40-10-6-4-8-36(40)42/h11-24,35-36,39-42H,3-10,25-26H2,1-2H3. The van der Waals surface area contributed by atoms with Crippen LogP contribution in [-0.2, 0) is 32.5 Å². The zero-order chi connectivity index (χ0) is 34.4. The molecular weight excluding hydrogens is 640 g/mol. The Hall–Kier alpha value is -3.73. The van der Waals surface area contributed by atoms with Crippen LogP contribution in [-0.4, -0.2) is 57.3 Å². The van der Waals surface area contributed by atoms with Crippen molar-refractivity contribution >= 4 is 9.84 Å². The molecule has 0 saturated heterocycles. The zero-order valence-corrected chi connectivity index (χ0v) is 29.0. The van der Waals surface area contributed by atoms with E-state index in [-0.39, 0.29) is 22.0 Å². The molecule has 4 aromatic rings. The van der Waals surface area contributed by atoms with Gasteiger partial charge in [-0.15, -0.1) is 0 Å². The highest BCUT2D eigenvalue weighted by atomic mass is 32.2. The van der Waals surface area contributed by atoms with E-state index < -0.39 is 22.0 Å². The van der Waals surface area contributed by atoms with E-state index in [9.17, 15) is 18.6 Å². The summed E-state index contributed by atoms with van der Waals surface area (Å²) in [7, 11) is -0.515. The van der Waals surface area contributed by atoms with Crippen molar-refractivity contribution in [3.8, 4) is 33.8 Å². The van der Waals surface area contributed by atoms with Crippen LogP contribution >= 0.6 is 0 Å². The van der Waals surface area contributed by atoms with Crippen molar-refractivity contribution in [3.63, 3.8) is 0 Å². The Morgan fingerprint density at radius 1 is 0.551 bits per heavy atom. The number of aliphatic hydroxyl groups is 2. The van der Waals surface area contributed by atoms with Crippen LogP contribution in [0.15, 0.2) is 94.7 Å². The van der Waals surface area contributed by atoms with Gasteiger partial charge < -0.3 is 29.2 Å². The summed E-state index contributed by atoms with van der Waals surface area (Å²) in [4.78, 5) is 0.419. The molecule has 9 heteroatoms. The molecule has 2 aliphatic carbocycles. The number of ether oxygens (including phenoxy) is 4. The molecule has 6 rings (SSSR count). The van der Waals surface area contributed by atoms with E-state index in [2.05, 4.69) is 0 Å². The highest BCUT2D eigenvalue weighted by molar-refractivity contribution is 7.91. The van der Waals surface area contributed by atoms with Crippen LogP contribution in [0.25, 0.3) is 22.3 Å². The van der Waals surface area contributed by atoms with E-state index in [4.69, 9.17) is 18.9 Å². The first-order valence-corrected chi connectivity index (χ1v) is 18.6. The molecule has 2 fully saturated rings. The summed E-state index contributed by atoms with van der Waals surface area (Å²) >= 11 is 0. The van der Waals surface area contributed by atoms with Gasteiger partial charge in [-0.2, -0.15) is 0 Å². The normalized spacial score (nSPS) is 21.3. The third kappa shape index (κ3) is 8.19. The second-order valence-electron chi connectivity index (χ2n) is 13.0. The lowest BCUT2D eigenvalue weighted by atomic mass is 9.95. The van der Waals surface area contributed by atoms with Crippen molar-refractivity contribution in [2.75, 3.05) is 14.2 Å². The highest BCUT2D eigenvalue weighted by Gasteiger charge is 2.25. The fourth-order valence-corrected chi connectivity index (χ4v) is 8.13. The Labute approximate surface area is 289 Å². The summed E-state index contributed by atoms with van der Waals surface area (Å²) in [6, 6.07) is 25.4. The Bertz CT molecular complexity index is 1680. The van der Waals surface area contributed by atoms with Gasteiger partial charge in [0.1, 0.15) is 11.5 Å². The van der Waals surface area contributed by atoms with Crippen LogP contribution < -0.4 is 9.47 Å². The molecule has 0 amide bonds. The molecule has 0 heterocycles. The molecule has 4 unspecified atom stereocenters. The third-order valence-corrected chi connectivity index (χ3v) is 11.6. The van der Waals surface area contributed by atoms with E-state index in [0.29, 0.717) is 24.7 Å². The topological polar surface area (TPSA) is 112 Å². The summed E-state index contributed by atoms with van der Waals surface area (Å²) in [6.07, 6.45) is 6.06. The van der Waals surface area contributed by atoms with Crippen molar-refractivity contribution in [1.82, 2.24) is 0 Å². The monoisotopic (exact) mass is 686 g/mol. The second kappa shape index (κ2) is 15.9. The molecule has 4 aromatic carbocycles. The molecule has 2 saturated carbocycles. The molecule has 260 valence electrons. The van der Waals surface area contributed by atoms with E-state index in [1.54, 1.807) is 38.5 Å². The molecular formula is C40H46O8S. The molecule has 0 radical (unpaired) electrons. The third-order valence-electron chi connectivity index (χ3n) is 9.80.